The monoisotopic (exact) mass is 722 g/mol. The van der Waals surface area contributed by atoms with Crippen molar-refractivity contribution in [1.29, 1.82) is 0 Å². The highest BCUT2D eigenvalue weighted by molar-refractivity contribution is 6.26. The molecular weight excluding hydrogens is 692 g/mol. The summed E-state index contributed by atoms with van der Waals surface area (Å²) in [6.07, 6.45) is 7.57. The van der Waals surface area contributed by atoms with Gasteiger partial charge in [-0.2, -0.15) is 10.2 Å². The summed E-state index contributed by atoms with van der Waals surface area (Å²) in [5, 5.41) is 20.0. The molecule has 2 fully saturated rings. The maximum absolute atomic E-state index is 12.9. The van der Waals surface area contributed by atoms with Gasteiger partial charge in [0, 0.05) is 48.7 Å². The van der Waals surface area contributed by atoms with Gasteiger partial charge >= 0.3 is 0 Å². The molecule has 0 bridgehead atoms. The number of carbonyl (C=O) groups excluding carboxylic acids is 9. The van der Waals surface area contributed by atoms with Gasteiger partial charge in [0.1, 0.15) is 12.1 Å². The van der Waals surface area contributed by atoms with Crippen LogP contribution in [-0.2, 0) is 25.7 Å². The lowest BCUT2D eigenvalue weighted by molar-refractivity contribution is -0.137. The van der Waals surface area contributed by atoms with Crippen LogP contribution in [0.3, 0.4) is 0 Å². The number of nitrogens with zero attached hydrogens (tertiary/aromatic N) is 4. The van der Waals surface area contributed by atoms with E-state index < -0.39 is 59.3 Å². The lowest BCUT2D eigenvalue weighted by atomic mass is 10.0. The summed E-state index contributed by atoms with van der Waals surface area (Å²) in [6, 6.07) is 7.61. The summed E-state index contributed by atoms with van der Waals surface area (Å²) < 4.78 is 0. The number of nitrogen functional groups attached to an aromatic ring is 1. The lowest BCUT2D eigenvalue weighted by Crippen LogP contribution is -2.54. The Morgan fingerprint density at radius 2 is 1.26 bits per heavy atom. The summed E-state index contributed by atoms with van der Waals surface area (Å²) in [4.78, 5) is 108. The Hall–Kier alpha value is -7.31. The third-order valence-electron chi connectivity index (χ3n) is 8.66. The highest BCUT2D eigenvalue weighted by atomic mass is 16.2. The number of rotatable bonds is 6. The van der Waals surface area contributed by atoms with Gasteiger partial charge < -0.3 is 11.1 Å². The third-order valence-corrected chi connectivity index (χ3v) is 8.66. The van der Waals surface area contributed by atoms with E-state index in [1.54, 1.807) is 36.7 Å². The van der Waals surface area contributed by atoms with Crippen LogP contribution < -0.4 is 21.7 Å². The van der Waals surface area contributed by atoms with Gasteiger partial charge in [-0.1, -0.05) is 12.1 Å². The van der Waals surface area contributed by atoms with Crippen molar-refractivity contribution in [2.75, 3.05) is 11.1 Å². The lowest BCUT2D eigenvalue weighted by Gasteiger charge is -2.27. The number of hydrogen-bond acceptors (Lipinski definition) is 13. The van der Waals surface area contributed by atoms with Gasteiger partial charge in [-0.25, -0.2) is 0 Å². The molecule has 0 aliphatic carbocycles. The van der Waals surface area contributed by atoms with Crippen molar-refractivity contribution in [1.82, 2.24) is 40.8 Å². The Bertz CT molecular complexity index is 2160. The predicted molar refractivity (Wildman–Crippen MR) is 181 cm³/mol. The number of nitrogens with two attached hydrogens (primary N) is 1. The van der Waals surface area contributed by atoms with E-state index in [-0.39, 0.29) is 53.6 Å². The zero-order chi connectivity index (χ0) is 37.8. The number of imide groups is 4. The Labute approximate surface area is 298 Å². The maximum Gasteiger partial charge on any atom is 0.264 e. The molecule has 19 nitrogen and oxygen atoms in total. The molecule has 2 atom stereocenters. The molecule has 0 saturated carbocycles. The molecule has 4 aliphatic heterocycles. The summed E-state index contributed by atoms with van der Waals surface area (Å²) >= 11 is 0. The van der Waals surface area contributed by atoms with Gasteiger partial charge in [0.25, 0.3) is 23.6 Å². The second-order valence-corrected chi connectivity index (χ2v) is 12.0. The molecule has 53 heavy (non-hydrogen) atoms. The number of hydrogen-bond donors (Lipinski definition) is 6. The van der Waals surface area contributed by atoms with E-state index >= 15 is 0 Å². The second kappa shape index (κ2) is 14.9. The molecule has 7 N–H and O–H groups in total. The fraction of sp³-hybridized carbons (Fsp3) is 0.206. The molecule has 8 rings (SSSR count). The highest BCUT2D eigenvalue weighted by Gasteiger charge is 2.46. The number of carbonyl (C=O) groups is 9. The van der Waals surface area contributed by atoms with E-state index in [1.807, 2.05) is 0 Å². The first-order valence-electron chi connectivity index (χ1n) is 16.1. The normalized spacial score (nSPS) is 19.0. The molecule has 2 aromatic carbocycles. The summed E-state index contributed by atoms with van der Waals surface area (Å²) in [5.41, 5.74) is 8.72. The van der Waals surface area contributed by atoms with Gasteiger partial charge in [0.05, 0.1) is 40.2 Å². The van der Waals surface area contributed by atoms with Crippen LogP contribution in [0.5, 0.6) is 0 Å². The molecule has 2 aromatic heterocycles. The first-order valence-corrected chi connectivity index (χ1v) is 16.1. The molecule has 4 aromatic rings. The van der Waals surface area contributed by atoms with Crippen LogP contribution in [0.25, 0.3) is 0 Å². The number of amides is 8. The molecule has 4 aliphatic rings. The molecule has 6 heterocycles. The minimum Gasteiger partial charge on any atom is -0.398 e. The van der Waals surface area contributed by atoms with Crippen molar-refractivity contribution in [2.45, 2.75) is 44.3 Å². The van der Waals surface area contributed by atoms with Gasteiger partial charge in [-0.3, -0.25) is 73.8 Å². The molecule has 0 radical (unpaired) electrons. The minimum absolute atomic E-state index is 0.0927. The Balaban J connectivity index is 0.000000157. The van der Waals surface area contributed by atoms with E-state index in [9.17, 15) is 43.2 Å². The largest absolute Gasteiger partial charge is 0.398 e. The molecule has 2 unspecified atom stereocenters. The van der Waals surface area contributed by atoms with Crippen LogP contribution in [0.1, 0.15) is 83.0 Å². The number of aromatic nitrogens is 4. The third kappa shape index (κ3) is 7.02. The Morgan fingerprint density at radius 1 is 0.717 bits per heavy atom. The number of aldehydes is 1. The van der Waals surface area contributed by atoms with Crippen molar-refractivity contribution in [3.8, 4) is 0 Å². The van der Waals surface area contributed by atoms with Crippen molar-refractivity contribution in [3.05, 3.63) is 94.6 Å². The number of anilines is 2. The summed E-state index contributed by atoms with van der Waals surface area (Å²) in [6.45, 7) is 0.423. The smallest absolute Gasteiger partial charge is 0.264 e. The first-order chi connectivity index (χ1) is 25.5. The zero-order valence-corrected chi connectivity index (χ0v) is 27.6. The molecule has 2 saturated heterocycles. The van der Waals surface area contributed by atoms with E-state index in [0.717, 1.165) is 21.6 Å². The topological polar surface area (TPSA) is 280 Å². The average Bonchev–Trinajstić information content (AvgIpc) is 3.95. The van der Waals surface area contributed by atoms with Crippen LogP contribution in [-0.4, -0.2) is 95.8 Å². The number of H-pyrrole nitrogens is 2. The summed E-state index contributed by atoms with van der Waals surface area (Å²) in [7, 11) is 0. The van der Waals surface area contributed by atoms with Gasteiger partial charge in [0.15, 0.2) is 6.29 Å². The van der Waals surface area contributed by atoms with E-state index in [1.165, 1.54) is 24.5 Å². The highest BCUT2D eigenvalue weighted by Crippen LogP contribution is 2.33. The van der Waals surface area contributed by atoms with Crippen LogP contribution in [0.2, 0.25) is 0 Å². The van der Waals surface area contributed by atoms with Crippen LogP contribution in [0.4, 0.5) is 11.4 Å². The molecule has 0 spiro atoms. The van der Waals surface area contributed by atoms with Crippen LogP contribution in [0.15, 0.2) is 61.2 Å². The van der Waals surface area contributed by atoms with E-state index in [0.29, 0.717) is 17.8 Å². The molecular formula is C34H30N10O9. The van der Waals surface area contributed by atoms with Gasteiger partial charge in [0.2, 0.25) is 23.6 Å². The minimum atomic E-state index is -0.971. The quantitative estimate of drug-likeness (QED) is 0.0889. The zero-order valence-electron chi connectivity index (χ0n) is 27.6. The Morgan fingerprint density at radius 3 is 1.75 bits per heavy atom. The maximum atomic E-state index is 12.9. The van der Waals surface area contributed by atoms with Gasteiger partial charge in [-0.05, 0) is 37.1 Å². The van der Waals surface area contributed by atoms with Crippen molar-refractivity contribution < 1.29 is 43.2 Å². The van der Waals surface area contributed by atoms with E-state index in [2.05, 4.69) is 36.3 Å². The second-order valence-electron chi connectivity index (χ2n) is 12.0. The van der Waals surface area contributed by atoms with Crippen molar-refractivity contribution >= 4 is 64.9 Å². The molecule has 270 valence electrons. The number of benzene rings is 2. The first kappa shape index (κ1) is 35.5. The number of fused-ring (bicyclic) bond motifs is 2. The summed E-state index contributed by atoms with van der Waals surface area (Å²) in [5.74, 6) is -4.24. The molecule has 8 amide bonds. The number of aromatic amines is 2. The average molecular weight is 723 g/mol. The Kier molecular flexibility index (Phi) is 9.98. The predicted octanol–water partition coefficient (Wildman–Crippen LogP) is 0.315. The van der Waals surface area contributed by atoms with Crippen LogP contribution >= 0.6 is 0 Å². The fourth-order valence-electron chi connectivity index (χ4n) is 6.10. The van der Waals surface area contributed by atoms with Crippen LogP contribution in [0, 0.1) is 0 Å². The number of nitrogens with one attached hydrogen (secondary N) is 5. The molecule has 19 heteroatoms. The standard InChI is InChI=1S/C17H15N5O4.C13H11N3O4.C4H4N2O/c23-13-5-4-12(15(24)21-13)22-16(25)10-2-1-3-11(14(10)17(22)26)18-6-9-7-19-20-8-9;14-7-3-1-2-6-10(7)13(20)16(12(6)19)8-4-5-9(17)15-11(8)18;7-3-4-1-5-6-2-4/h1-3,7-8,12,18H,4-6H2,(H,19,20)(H,21,23,24);1-3,8H,4-5,14H2,(H,15,17,18);1-3H,(H,5,6). The van der Waals surface area contributed by atoms with E-state index in [4.69, 9.17) is 5.73 Å². The van der Waals surface area contributed by atoms with Gasteiger partial charge in [-0.15, -0.1) is 0 Å². The SMILES string of the molecule is Nc1cccc2c1C(=O)N(C1CCC(=O)NC1=O)C2=O.O=C1CCC(N2C(=O)c3cccc(NCc4cn[nH]c4)c3C2=O)C(=O)N1.O=Cc1cn[nH]c1. The van der Waals surface area contributed by atoms with Crippen molar-refractivity contribution in [3.63, 3.8) is 0 Å². The van der Waals surface area contributed by atoms with Crippen molar-refractivity contribution in [2.24, 2.45) is 0 Å². The fourth-order valence-corrected chi connectivity index (χ4v) is 6.10. The number of piperidine rings is 2.